The van der Waals surface area contributed by atoms with Gasteiger partial charge in [-0.2, -0.15) is 0 Å². The number of esters is 1. The average molecular weight is 359 g/mol. The van der Waals surface area contributed by atoms with Crippen LogP contribution in [0.2, 0.25) is 0 Å². The predicted molar refractivity (Wildman–Crippen MR) is 89.3 cm³/mol. The summed E-state index contributed by atoms with van der Waals surface area (Å²) in [4.78, 5) is 23.6. The molecule has 0 spiro atoms. The topological polar surface area (TPSA) is 108 Å². The third kappa shape index (κ3) is 3.41. The van der Waals surface area contributed by atoms with Gasteiger partial charge in [0.05, 0.1) is 15.4 Å². The monoisotopic (exact) mass is 359 g/mol. The van der Waals surface area contributed by atoms with E-state index in [2.05, 4.69) is 10.2 Å². The molecule has 128 valence electrons. The van der Waals surface area contributed by atoms with Crippen LogP contribution in [0.15, 0.2) is 40.1 Å². The smallest absolute Gasteiger partial charge is 0.339 e. The highest BCUT2D eigenvalue weighted by Crippen LogP contribution is 2.27. The molecule has 0 saturated carbocycles. The number of benzene rings is 1. The number of aromatic nitrogens is 2. The summed E-state index contributed by atoms with van der Waals surface area (Å²) in [6.45, 7) is 3.09. The summed E-state index contributed by atoms with van der Waals surface area (Å²) in [5.41, 5.74) is 0.230. The zero-order valence-corrected chi connectivity index (χ0v) is 14.1. The highest BCUT2D eigenvalue weighted by Gasteiger charge is 2.23. The van der Waals surface area contributed by atoms with Crippen molar-refractivity contribution in [3.63, 3.8) is 0 Å². The Morgan fingerprint density at radius 2 is 2.12 bits per heavy atom. The van der Waals surface area contributed by atoms with Crippen LogP contribution in [0.25, 0.3) is 10.8 Å². The lowest BCUT2D eigenvalue weighted by molar-refractivity contribution is -0.385. The van der Waals surface area contributed by atoms with Gasteiger partial charge >= 0.3 is 5.97 Å². The number of carbonyl (C=O) groups excluding carboxylic acids is 1. The van der Waals surface area contributed by atoms with Gasteiger partial charge in [0.2, 0.25) is 0 Å². The SMILES string of the molecule is Cc1c(C(=O)O[C@@H](C)c2nnc(-c3cccs3)o2)cccc1[N+](=O)[O-]. The summed E-state index contributed by atoms with van der Waals surface area (Å²) < 4.78 is 10.8. The van der Waals surface area contributed by atoms with E-state index in [-0.39, 0.29) is 22.7 Å². The van der Waals surface area contributed by atoms with E-state index in [9.17, 15) is 14.9 Å². The molecule has 25 heavy (non-hydrogen) atoms. The Morgan fingerprint density at radius 1 is 1.32 bits per heavy atom. The van der Waals surface area contributed by atoms with Crippen molar-refractivity contribution in [2.24, 2.45) is 0 Å². The predicted octanol–water partition coefficient (Wildman–Crippen LogP) is 3.93. The molecule has 0 aliphatic heterocycles. The molecule has 3 aromatic rings. The van der Waals surface area contributed by atoms with Crippen molar-refractivity contribution in [3.8, 4) is 10.8 Å². The number of nitro groups is 1. The van der Waals surface area contributed by atoms with Gasteiger partial charge in [0.15, 0.2) is 6.10 Å². The Balaban J connectivity index is 1.77. The van der Waals surface area contributed by atoms with Crippen LogP contribution in [0.5, 0.6) is 0 Å². The number of thiophene rings is 1. The number of carbonyl (C=O) groups is 1. The molecular formula is C16H13N3O5S. The van der Waals surface area contributed by atoms with Crippen LogP contribution in [0.3, 0.4) is 0 Å². The minimum absolute atomic E-state index is 0.124. The second kappa shape index (κ2) is 6.81. The second-order valence-corrected chi connectivity index (χ2v) is 6.12. The standard InChI is InChI=1S/C16H13N3O5S/c1-9-11(5-3-6-12(9)19(21)22)16(20)23-10(2)14-17-18-15(24-14)13-7-4-8-25-13/h3-8,10H,1-2H3/t10-/m0/s1. The molecule has 0 N–H and O–H groups in total. The molecule has 2 heterocycles. The van der Waals surface area contributed by atoms with E-state index in [1.54, 1.807) is 6.92 Å². The molecule has 0 amide bonds. The van der Waals surface area contributed by atoms with E-state index in [0.717, 1.165) is 4.88 Å². The van der Waals surface area contributed by atoms with Crippen LogP contribution >= 0.6 is 11.3 Å². The van der Waals surface area contributed by atoms with Gasteiger partial charge in [-0.05, 0) is 31.4 Å². The molecule has 0 aliphatic rings. The summed E-state index contributed by atoms with van der Waals surface area (Å²) in [5, 5.41) is 20.7. The van der Waals surface area contributed by atoms with Gasteiger partial charge in [-0.3, -0.25) is 10.1 Å². The maximum Gasteiger partial charge on any atom is 0.339 e. The summed E-state index contributed by atoms with van der Waals surface area (Å²) in [6, 6.07) is 7.95. The number of nitro benzene ring substituents is 1. The molecule has 0 saturated heterocycles. The Morgan fingerprint density at radius 3 is 2.80 bits per heavy atom. The van der Waals surface area contributed by atoms with Crippen molar-refractivity contribution in [3.05, 3.63) is 62.8 Å². The van der Waals surface area contributed by atoms with Gasteiger partial charge < -0.3 is 9.15 Å². The Hall–Kier alpha value is -3.07. The number of hydrogen-bond acceptors (Lipinski definition) is 8. The summed E-state index contributed by atoms with van der Waals surface area (Å²) in [7, 11) is 0. The Bertz CT molecular complexity index is 920. The van der Waals surface area contributed by atoms with E-state index in [0.29, 0.717) is 5.89 Å². The zero-order valence-electron chi connectivity index (χ0n) is 13.3. The molecule has 1 atom stereocenters. The van der Waals surface area contributed by atoms with Crippen LogP contribution in [0.4, 0.5) is 5.69 Å². The first-order chi connectivity index (χ1) is 12.0. The van der Waals surface area contributed by atoms with Crippen molar-refractivity contribution in [1.29, 1.82) is 0 Å². The van der Waals surface area contributed by atoms with Crippen LogP contribution in [-0.4, -0.2) is 21.1 Å². The van der Waals surface area contributed by atoms with Gasteiger partial charge in [-0.15, -0.1) is 21.5 Å². The van der Waals surface area contributed by atoms with Gasteiger partial charge in [0, 0.05) is 11.6 Å². The molecule has 2 aromatic heterocycles. The molecule has 1 aromatic carbocycles. The highest BCUT2D eigenvalue weighted by atomic mass is 32.1. The number of rotatable bonds is 5. The van der Waals surface area contributed by atoms with Crippen molar-refractivity contribution < 1.29 is 18.9 Å². The summed E-state index contributed by atoms with van der Waals surface area (Å²) in [6.07, 6.45) is -0.785. The number of nitrogens with zero attached hydrogens (tertiary/aromatic N) is 3. The summed E-state index contributed by atoms with van der Waals surface area (Å²) >= 11 is 1.45. The van der Waals surface area contributed by atoms with E-state index in [1.807, 2.05) is 17.5 Å². The highest BCUT2D eigenvalue weighted by molar-refractivity contribution is 7.13. The van der Waals surface area contributed by atoms with E-state index < -0.39 is 17.0 Å². The molecule has 0 radical (unpaired) electrons. The van der Waals surface area contributed by atoms with E-state index >= 15 is 0 Å². The molecule has 0 fully saturated rings. The van der Waals surface area contributed by atoms with Crippen LogP contribution < -0.4 is 0 Å². The quantitative estimate of drug-likeness (QED) is 0.386. The maximum atomic E-state index is 12.3. The van der Waals surface area contributed by atoms with Gasteiger partial charge in [-0.25, -0.2) is 4.79 Å². The zero-order chi connectivity index (χ0) is 18.0. The second-order valence-electron chi connectivity index (χ2n) is 5.18. The van der Waals surface area contributed by atoms with Crippen LogP contribution in [0, 0.1) is 17.0 Å². The summed E-state index contributed by atoms with van der Waals surface area (Å²) in [5.74, 6) is -0.191. The minimum atomic E-state index is -0.785. The first kappa shape index (κ1) is 16.8. The van der Waals surface area contributed by atoms with Gasteiger partial charge in [0.1, 0.15) is 0 Å². The van der Waals surface area contributed by atoms with E-state index in [1.165, 1.54) is 36.5 Å². The first-order valence-corrected chi connectivity index (χ1v) is 8.17. The van der Waals surface area contributed by atoms with Gasteiger partial charge in [-0.1, -0.05) is 12.1 Å². The Kier molecular flexibility index (Phi) is 4.57. The van der Waals surface area contributed by atoms with Crippen LogP contribution in [-0.2, 0) is 4.74 Å². The normalized spacial score (nSPS) is 11.9. The fourth-order valence-corrected chi connectivity index (χ4v) is 2.86. The third-order valence-electron chi connectivity index (χ3n) is 3.53. The molecular weight excluding hydrogens is 346 g/mol. The van der Waals surface area contributed by atoms with Gasteiger partial charge in [0.25, 0.3) is 17.5 Å². The van der Waals surface area contributed by atoms with Crippen molar-refractivity contribution in [2.45, 2.75) is 20.0 Å². The maximum absolute atomic E-state index is 12.3. The molecule has 0 unspecified atom stereocenters. The average Bonchev–Trinajstić information content (AvgIpc) is 3.25. The number of hydrogen-bond donors (Lipinski definition) is 0. The lowest BCUT2D eigenvalue weighted by atomic mass is 10.1. The molecule has 9 heteroatoms. The molecule has 0 bridgehead atoms. The van der Waals surface area contributed by atoms with Crippen molar-refractivity contribution in [1.82, 2.24) is 10.2 Å². The molecule has 8 nitrogen and oxygen atoms in total. The molecule has 3 rings (SSSR count). The number of ether oxygens (including phenoxy) is 1. The van der Waals surface area contributed by atoms with Crippen LogP contribution in [0.1, 0.15) is 34.8 Å². The fourth-order valence-electron chi connectivity index (χ4n) is 2.22. The first-order valence-electron chi connectivity index (χ1n) is 7.29. The minimum Gasteiger partial charge on any atom is -0.449 e. The lowest BCUT2D eigenvalue weighted by Crippen LogP contribution is -2.11. The van der Waals surface area contributed by atoms with Crippen molar-refractivity contribution >= 4 is 23.0 Å². The largest absolute Gasteiger partial charge is 0.449 e. The van der Waals surface area contributed by atoms with E-state index in [4.69, 9.17) is 9.15 Å². The lowest BCUT2D eigenvalue weighted by Gasteiger charge is -2.10. The fraction of sp³-hybridized carbons (Fsp3) is 0.188. The third-order valence-corrected chi connectivity index (χ3v) is 4.38. The van der Waals surface area contributed by atoms with Crippen molar-refractivity contribution in [2.75, 3.05) is 0 Å². The Labute approximate surface area is 146 Å². The molecule has 0 aliphatic carbocycles.